The Balaban J connectivity index is 2.50. The summed E-state index contributed by atoms with van der Waals surface area (Å²) in [5, 5.41) is 0. The van der Waals surface area contributed by atoms with E-state index < -0.39 is 0 Å². The van der Waals surface area contributed by atoms with Crippen LogP contribution < -0.4 is 0 Å². The van der Waals surface area contributed by atoms with Gasteiger partial charge in [0.2, 0.25) is 0 Å². The average molecular weight is 215 g/mol. The molecule has 1 aliphatic carbocycles. The molecule has 0 amide bonds. The second kappa shape index (κ2) is 6.73. The summed E-state index contributed by atoms with van der Waals surface area (Å²) in [6, 6.07) is 0.828. The zero-order valence-corrected chi connectivity index (χ0v) is 10.6. The van der Waals surface area contributed by atoms with Crippen molar-refractivity contribution in [2.75, 3.05) is 19.3 Å². The Hall–Kier alpha value is 0.310. The molecule has 0 radical (unpaired) electrons. The summed E-state index contributed by atoms with van der Waals surface area (Å²) in [7, 11) is 2.27. The number of nitrogens with zero attached hydrogens (tertiary/aromatic N) is 1. The summed E-state index contributed by atoms with van der Waals surface area (Å²) < 4.78 is 0. The van der Waals surface area contributed by atoms with Crippen LogP contribution in [0.25, 0.3) is 0 Å². The van der Waals surface area contributed by atoms with Gasteiger partial charge in [-0.1, -0.05) is 32.6 Å². The van der Waals surface area contributed by atoms with Gasteiger partial charge < -0.3 is 4.90 Å². The third-order valence-electron chi connectivity index (χ3n) is 3.66. The van der Waals surface area contributed by atoms with E-state index in [1.807, 2.05) is 0 Å². The van der Waals surface area contributed by atoms with E-state index in [0.29, 0.717) is 0 Å². The molecule has 14 heavy (non-hydrogen) atoms. The molecule has 1 nitrogen and oxygen atoms in total. The van der Waals surface area contributed by atoms with Gasteiger partial charge in [-0.15, -0.1) is 0 Å². The first-order valence-electron chi connectivity index (χ1n) is 6.10. The van der Waals surface area contributed by atoms with Crippen molar-refractivity contribution in [3.8, 4) is 0 Å². The molecule has 2 heteroatoms. The molecule has 2 atom stereocenters. The monoisotopic (exact) mass is 215 g/mol. The van der Waals surface area contributed by atoms with Gasteiger partial charge >= 0.3 is 0 Å². The van der Waals surface area contributed by atoms with E-state index >= 15 is 0 Å². The number of hydrogen-bond donors (Lipinski definition) is 1. The van der Waals surface area contributed by atoms with Crippen LogP contribution >= 0.6 is 12.6 Å². The molecule has 0 aromatic rings. The van der Waals surface area contributed by atoms with Crippen LogP contribution in [0.4, 0.5) is 0 Å². The van der Waals surface area contributed by atoms with E-state index in [0.717, 1.165) is 24.3 Å². The Labute approximate surface area is 94.7 Å². The lowest BCUT2D eigenvalue weighted by molar-refractivity contribution is 0.170. The molecule has 0 aliphatic heterocycles. The van der Waals surface area contributed by atoms with Crippen LogP contribution in [0, 0.1) is 5.92 Å². The van der Waals surface area contributed by atoms with Crippen molar-refractivity contribution in [2.45, 2.75) is 51.5 Å². The van der Waals surface area contributed by atoms with Gasteiger partial charge in [-0.2, -0.15) is 12.6 Å². The second-order valence-electron chi connectivity index (χ2n) is 4.58. The minimum absolute atomic E-state index is 0.828. The fraction of sp³-hybridized carbons (Fsp3) is 1.00. The van der Waals surface area contributed by atoms with E-state index in [9.17, 15) is 0 Å². The van der Waals surface area contributed by atoms with Crippen molar-refractivity contribution < 1.29 is 0 Å². The molecule has 0 bridgehead atoms. The highest BCUT2D eigenvalue weighted by Gasteiger charge is 2.24. The van der Waals surface area contributed by atoms with E-state index in [4.69, 9.17) is 0 Å². The largest absolute Gasteiger partial charge is 0.302 e. The predicted octanol–water partition coefficient (Wildman–Crippen LogP) is 3.21. The highest BCUT2D eigenvalue weighted by molar-refractivity contribution is 7.80. The average Bonchev–Trinajstić information content (AvgIpc) is 2.42. The highest BCUT2D eigenvalue weighted by Crippen LogP contribution is 2.28. The van der Waals surface area contributed by atoms with Gasteiger partial charge in [-0.05, 0) is 25.8 Å². The lowest BCUT2D eigenvalue weighted by Crippen LogP contribution is -2.38. The van der Waals surface area contributed by atoms with Gasteiger partial charge in [-0.25, -0.2) is 0 Å². The first kappa shape index (κ1) is 12.4. The fourth-order valence-electron chi connectivity index (χ4n) is 2.74. The van der Waals surface area contributed by atoms with E-state index in [2.05, 4.69) is 31.5 Å². The summed E-state index contributed by atoms with van der Waals surface area (Å²) in [5.41, 5.74) is 0. The molecule has 0 aromatic heterocycles. The molecule has 2 unspecified atom stereocenters. The van der Waals surface area contributed by atoms with Gasteiger partial charge in [-0.3, -0.25) is 0 Å². The maximum Gasteiger partial charge on any atom is 0.0121 e. The second-order valence-corrected chi connectivity index (χ2v) is 5.03. The number of hydrogen-bond acceptors (Lipinski definition) is 2. The Morgan fingerprint density at radius 3 is 2.57 bits per heavy atom. The van der Waals surface area contributed by atoms with E-state index in [1.165, 1.54) is 38.5 Å². The zero-order valence-electron chi connectivity index (χ0n) is 9.71. The summed E-state index contributed by atoms with van der Waals surface area (Å²) >= 11 is 4.32. The molecule has 1 saturated carbocycles. The molecule has 1 fully saturated rings. The van der Waals surface area contributed by atoms with Crippen LogP contribution in [-0.4, -0.2) is 30.3 Å². The van der Waals surface area contributed by atoms with Crippen molar-refractivity contribution in [1.82, 2.24) is 4.90 Å². The maximum absolute atomic E-state index is 4.32. The predicted molar refractivity (Wildman–Crippen MR) is 67.1 cm³/mol. The molecule has 0 aromatic carbocycles. The molecular weight excluding hydrogens is 190 g/mol. The normalized spacial score (nSPS) is 29.1. The van der Waals surface area contributed by atoms with Crippen molar-refractivity contribution in [2.24, 2.45) is 5.92 Å². The lowest BCUT2D eigenvalue weighted by atomic mass is 9.91. The van der Waals surface area contributed by atoms with Gasteiger partial charge in [0, 0.05) is 18.3 Å². The fourth-order valence-corrected chi connectivity index (χ4v) is 3.06. The zero-order chi connectivity index (χ0) is 10.4. The SMILES string of the molecule is CCC1CCCCCC1N(C)CCS. The molecule has 0 heterocycles. The standard InChI is InChI=1S/C12H25NS/c1-3-11-7-5-4-6-8-12(11)13(2)9-10-14/h11-12,14H,3-10H2,1-2H3. The van der Waals surface area contributed by atoms with Gasteiger partial charge in [0.05, 0.1) is 0 Å². The molecule has 0 saturated heterocycles. The summed E-state index contributed by atoms with van der Waals surface area (Å²) in [4.78, 5) is 2.53. The first-order valence-corrected chi connectivity index (χ1v) is 6.74. The Bertz CT molecular complexity index is 149. The minimum Gasteiger partial charge on any atom is -0.302 e. The molecular formula is C12H25NS. The highest BCUT2D eigenvalue weighted by atomic mass is 32.1. The molecule has 84 valence electrons. The van der Waals surface area contributed by atoms with Crippen LogP contribution in [-0.2, 0) is 0 Å². The maximum atomic E-state index is 4.32. The van der Waals surface area contributed by atoms with Gasteiger partial charge in [0.25, 0.3) is 0 Å². The number of rotatable bonds is 4. The quantitative estimate of drug-likeness (QED) is 0.557. The van der Waals surface area contributed by atoms with Crippen molar-refractivity contribution in [1.29, 1.82) is 0 Å². The third kappa shape index (κ3) is 3.47. The molecule has 1 rings (SSSR count). The molecule has 0 spiro atoms. The van der Waals surface area contributed by atoms with Crippen molar-refractivity contribution in [3.63, 3.8) is 0 Å². The summed E-state index contributed by atoms with van der Waals surface area (Å²) in [6.07, 6.45) is 8.52. The van der Waals surface area contributed by atoms with Crippen LogP contribution in [0.15, 0.2) is 0 Å². The van der Waals surface area contributed by atoms with E-state index in [1.54, 1.807) is 0 Å². The first-order chi connectivity index (χ1) is 6.79. The summed E-state index contributed by atoms with van der Waals surface area (Å²) in [5.74, 6) is 1.92. The molecule has 0 N–H and O–H groups in total. The van der Waals surface area contributed by atoms with Crippen LogP contribution in [0.5, 0.6) is 0 Å². The Kier molecular flexibility index (Phi) is 5.95. The van der Waals surface area contributed by atoms with Crippen LogP contribution in [0.2, 0.25) is 0 Å². The smallest absolute Gasteiger partial charge is 0.0121 e. The number of thiol groups is 1. The van der Waals surface area contributed by atoms with Crippen molar-refractivity contribution in [3.05, 3.63) is 0 Å². The topological polar surface area (TPSA) is 3.24 Å². The summed E-state index contributed by atoms with van der Waals surface area (Å²) in [6.45, 7) is 3.49. The molecule has 1 aliphatic rings. The van der Waals surface area contributed by atoms with Crippen molar-refractivity contribution >= 4 is 12.6 Å². The Morgan fingerprint density at radius 1 is 1.21 bits per heavy atom. The Morgan fingerprint density at radius 2 is 1.93 bits per heavy atom. The van der Waals surface area contributed by atoms with Gasteiger partial charge in [0.1, 0.15) is 0 Å². The lowest BCUT2D eigenvalue weighted by Gasteiger charge is -2.32. The van der Waals surface area contributed by atoms with E-state index in [-0.39, 0.29) is 0 Å². The van der Waals surface area contributed by atoms with Crippen LogP contribution in [0.1, 0.15) is 45.4 Å². The minimum atomic E-state index is 0.828. The van der Waals surface area contributed by atoms with Crippen LogP contribution in [0.3, 0.4) is 0 Å². The van der Waals surface area contributed by atoms with Gasteiger partial charge in [0.15, 0.2) is 0 Å². The third-order valence-corrected chi connectivity index (χ3v) is 3.86.